The number of amides is 2. The predicted octanol–water partition coefficient (Wildman–Crippen LogP) is 1.37. The molecule has 5 rings (SSSR count). The van der Waals surface area contributed by atoms with Gasteiger partial charge in [0.05, 0.1) is 12.9 Å². The van der Waals surface area contributed by atoms with E-state index in [0.717, 1.165) is 5.56 Å². The number of phosphoric acid groups is 1. The van der Waals surface area contributed by atoms with E-state index < -0.39 is 58.9 Å². The molecule has 2 amide bonds. The molecular formula is C23H26N6O10P2-2. The molecule has 2 aliphatic rings. The van der Waals surface area contributed by atoms with Crippen LogP contribution in [-0.4, -0.2) is 70.0 Å². The van der Waals surface area contributed by atoms with E-state index in [1.165, 1.54) is 17.2 Å². The molecule has 2 aliphatic heterocycles. The van der Waals surface area contributed by atoms with Crippen LogP contribution in [0.3, 0.4) is 0 Å². The normalized spacial score (nSPS) is 27.0. The minimum absolute atomic E-state index is 0.160. The van der Waals surface area contributed by atoms with Crippen LogP contribution >= 0.6 is 15.4 Å². The Kier molecular flexibility index (Phi) is 8.66. The second-order valence-corrected chi connectivity index (χ2v) is 12.4. The molecule has 0 bridgehead atoms. The molecule has 0 aliphatic carbocycles. The zero-order valence-electron chi connectivity index (χ0n) is 21.8. The average molecular weight is 608 g/mol. The lowest BCUT2D eigenvalue weighted by Crippen LogP contribution is -2.32. The summed E-state index contributed by atoms with van der Waals surface area (Å²) in [6.07, 6.45) is 1.75. The van der Waals surface area contributed by atoms with Gasteiger partial charge >= 0.3 is 6.03 Å². The Hall–Kier alpha value is -3.04. The molecule has 7 atom stereocenters. The van der Waals surface area contributed by atoms with Crippen LogP contribution in [0.25, 0.3) is 17.2 Å². The van der Waals surface area contributed by atoms with Crippen molar-refractivity contribution < 1.29 is 46.8 Å². The summed E-state index contributed by atoms with van der Waals surface area (Å²) in [4.78, 5) is 48.2. The molecule has 18 heteroatoms. The van der Waals surface area contributed by atoms with Crippen molar-refractivity contribution in [3.8, 4) is 0 Å². The second-order valence-electron chi connectivity index (χ2n) is 9.03. The fraction of sp³-hybridized carbons (Fsp3) is 0.391. The third-order valence-electron chi connectivity index (χ3n) is 5.96. The fourth-order valence-electron chi connectivity index (χ4n) is 4.37. The number of carbonyl (C=O) groups excluding carboxylic acids is 1. The van der Waals surface area contributed by atoms with Gasteiger partial charge in [-0.25, -0.2) is 19.7 Å². The molecule has 0 saturated carbocycles. The van der Waals surface area contributed by atoms with Gasteiger partial charge in [-0.2, -0.15) is 0 Å². The van der Waals surface area contributed by atoms with E-state index in [0.29, 0.717) is 18.9 Å². The number of hydrogen-bond donors (Lipinski definition) is 2. The van der Waals surface area contributed by atoms with Crippen LogP contribution in [0.1, 0.15) is 18.7 Å². The van der Waals surface area contributed by atoms with Gasteiger partial charge in [0, 0.05) is 13.2 Å². The van der Waals surface area contributed by atoms with E-state index in [1.54, 1.807) is 19.1 Å². The number of anilines is 1. The van der Waals surface area contributed by atoms with Crippen molar-refractivity contribution in [2.24, 2.45) is 0 Å². The van der Waals surface area contributed by atoms with Gasteiger partial charge in [-0.15, -0.1) is 0 Å². The molecule has 2 saturated heterocycles. The highest BCUT2D eigenvalue weighted by atomic mass is 31.3. The highest BCUT2D eigenvalue weighted by Crippen LogP contribution is 2.53. The second kappa shape index (κ2) is 12.1. The molecule has 0 spiro atoms. The predicted molar refractivity (Wildman–Crippen MR) is 139 cm³/mol. The molecule has 2 N–H and O–H groups in total. The lowest BCUT2D eigenvalue weighted by atomic mass is 10.1. The van der Waals surface area contributed by atoms with E-state index >= 15 is 0 Å². The number of benzene rings is 1. The van der Waals surface area contributed by atoms with Gasteiger partial charge < -0.3 is 38.4 Å². The molecule has 2 fully saturated rings. The number of nitrogens with zero attached hydrogens (tertiary/aromatic N) is 4. The number of rotatable bonds is 10. The molecule has 1 aromatic carbocycles. The lowest BCUT2D eigenvalue weighted by Gasteiger charge is -2.30. The summed E-state index contributed by atoms with van der Waals surface area (Å²) in [5.41, 5.74) is 1.46. The molecular weight excluding hydrogens is 582 g/mol. The summed E-state index contributed by atoms with van der Waals surface area (Å²) in [5, 5.41) is 5.21. The summed E-state index contributed by atoms with van der Waals surface area (Å²) in [6, 6.07) is 8.96. The molecule has 16 nitrogen and oxygen atoms in total. The number of ether oxygens (including phenoxy) is 3. The molecule has 4 heterocycles. The quantitative estimate of drug-likeness (QED) is 0.312. The summed E-state index contributed by atoms with van der Waals surface area (Å²) >= 11 is 0. The first-order valence-corrected chi connectivity index (χ1v) is 15.9. The van der Waals surface area contributed by atoms with E-state index in [1.807, 2.05) is 30.3 Å². The minimum atomic E-state index is -5.22. The van der Waals surface area contributed by atoms with E-state index in [2.05, 4.69) is 29.9 Å². The Balaban J connectivity index is 1.40. The number of carbonyl (C=O) groups is 1. The SMILES string of the molecule is CCNC(=O)Nc1ncnc2c1ncn2[C@@H]1O[C@H](COP(=O)([O-])OP(C)(=O)[O-])C2O[C@H](/C=C/c3ccccc3)O[C@@H]21. The first-order chi connectivity index (χ1) is 19.5. The lowest BCUT2D eigenvalue weighted by molar-refractivity contribution is -0.233. The topological polar surface area (TPSA) is 211 Å². The first kappa shape index (κ1) is 29.5. The van der Waals surface area contributed by atoms with Gasteiger partial charge in [-0.05, 0) is 18.6 Å². The van der Waals surface area contributed by atoms with Crippen LogP contribution < -0.4 is 20.4 Å². The Labute approximate surface area is 233 Å². The van der Waals surface area contributed by atoms with E-state index in [-0.39, 0.29) is 11.3 Å². The first-order valence-electron chi connectivity index (χ1n) is 12.4. The van der Waals surface area contributed by atoms with Gasteiger partial charge in [-0.3, -0.25) is 18.8 Å². The Morgan fingerprint density at radius 1 is 1.12 bits per heavy atom. The van der Waals surface area contributed by atoms with Crippen molar-refractivity contribution in [2.45, 2.75) is 37.8 Å². The third-order valence-corrected chi connectivity index (χ3v) is 8.41. The number of phosphoric ester groups is 1. The largest absolute Gasteiger partial charge is 0.778 e. The van der Waals surface area contributed by atoms with Crippen molar-refractivity contribution in [1.29, 1.82) is 0 Å². The molecule has 3 aromatic rings. The van der Waals surface area contributed by atoms with Crippen molar-refractivity contribution in [1.82, 2.24) is 24.8 Å². The van der Waals surface area contributed by atoms with Crippen LogP contribution in [0.2, 0.25) is 0 Å². The van der Waals surface area contributed by atoms with Crippen molar-refractivity contribution in [3.63, 3.8) is 0 Å². The fourth-order valence-corrected chi connectivity index (χ4v) is 6.34. The summed E-state index contributed by atoms with van der Waals surface area (Å²) < 4.78 is 52.1. The van der Waals surface area contributed by atoms with Crippen LogP contribution in [0, 0.1) is 0 Å². The van der Waals surface area contributed by atoms with Crippen LogP contribution in [0.5, 0.6) is 0 Å². The van der Waals surface area contributed by atoms with Gasteiger partial charge in [0.1, 0.15) is 32.2 Å². The Bertz CT molecular complexity index is 1520. The van der Waals surface area contributed by atoms with Crippen LogP contribution in [0.15, 0.2) is 49.1 Å². The summed E-state index contributed by atoms with van der Waals surface area (Å²) in [6.45, 7) is 2.16. The molecule has 0 radical (unpaired) electrons. The third kappa shape index (κ3) is 7.07. The van der Waals surface area contributed by atoms with Gasteiger partial charge in [0.25, 0.3) is 7.82 Å². The summed E-state index contributed by atoms with van der Waals surface area (Å²) in [7, 11) is -9.85. The van der Waals surface area contributed by atoms with E-state index in [9.17, 15) is 23.7 Å². The number of fused-ring (bicyclic) bond motifs is 2. The van der Waals surface area contributed by atoms with Gasteiger partial charge in [0.2, 0.25) is 0 Å². The van der Waals surface area contributed by atoms with Crippen LogP contribution in [-0.2, 0) is 32.2 Å². The highest BCUT2D eigenvalue weighted by molar-refractivity contribution is 7.62. The standard InChI is InChI=1S/C23H28N6O10P2/c1-3-24-23(30)28-20-17-21(26-12-25-20)29(13-27-17)22-19-18(15(36-22)11-35-41(33,34)39-40(2,31)32)37-16(38-19)10-9-14-7-5-4-6-8-14/h4-10,12-13,15-16,18-19,22H,3,11H2,1-2H3,(H,31,32)(H,33,34)(H2,24,25,26,28,30)/p-2/b10-9+/t15-,16+,18?,19+,22-/m1/s1. The minimum Gasteiger partial charge on any atom is -0.778 e. The number of aromatic nitrogens is 4. The van der Waals surface area contributed by atoms with Crippen LogP contribution in [0.4, 0.5) is 10.6 Å². The highest BCUT2D eigenvalue weighted by Gasteiger charge is 2.53. The summed E-state index contributed by atoms with van der Waals surface area (Å²) in [5.74, 6) is 0.160. The number of urea groups is 1. The van der Waals surface area contributed by atoms with Crippen molar-refractivity contribution in [2.75, 3.05) is 25.1 Å². The number of hydrogen-bond acceptors (Lipinski definition) is 13. The monoisotopic (exact) mass is 608 g/mol. The zero-order valence-corrected chi connectivity index (χ0v) is 23.6. The maximum absolute atomic E-state index is 12.1. The van der Waals surface area contributed by atoms with Crippen molar-refractivity contribution >= 4 is 44.5 Å². The number of nitrogens with one attached hydrogen (secondary N) is 2. The maximum Gasteiger partial charge on any atom is 0.320 e. The average Bonchev–Trinajstić information content (AvgIpc) is 3.60. The van der Waals surface area contributed by atoms with Crippen molar-refractivity contribution in [3.05, 3.63) is 54.6 Å². The molecule has 3 unspecified atom stereocenters. The maximum atomic E-state index is 12.1. The zero-order chi connectivity index (χ0) is 29.2. The number of imidazole rings is 1. The molecule has 2 aromatic heterocycles. The molecule has 41 heavy (non-hydrogen) atoms. The molecule has 220 valence electrons. The van der Waals surface area contributed by atoms with Gasteiger partial charge in [-0.1, -0.05) is 36.4 Å². The van der Waals surface area contributed by atoms with E-state index in [4.69, 9.17) is 18.7 Å². The Morgan fingerprint density at radius 3 is 2.61 bits per heavy atom. The Morgan fingerprint density at radius 2 is 1.88 bits per heavy atom. The smallest absolute Gasteiger partial charge is 0.320 e. The van der Waals surface area contributed by atoms with Gasteiger partial charge in [0.15, 0.2) is 29.5 Å².